The van der Waals surface area contributed by atoms with Gasteiger partial charge >= 0.3 is 0 Å². The Morgan fingerprint density at radius 1 is 1.03 bits per heavy atom. The molecule has 0 aliphatic carbocycles. The molecule has 0 spiro atoms. The molecule has 0 unspecified atom stereocenters. The second-order valence-electron chi connectivity index (χ2n) is 8.48. The van der Waals surface area contributed by atoms with Gasteiger partial charge < -0.3 is 9.64 Å². The number of methoxy groups -OCH3 is 1. The first-order valence-electron chi connectivity index (χ1n) is 11.4. The van der Waals surface area contributed by atoms with Crippen molar-refractivity contribution in [2.45, 2.75) is 32.4 Å². The maximum atomic E-state index is 13.3. The van der Waals surface area contributed by atoms with E-state index < -0.39 is 0 Å². The molecule has 1 aliphatic rings. The Labute approximate surface area is 197 Å². The Morgan fingerprint density at radius 2 is 1.82 bits per heavy atom. The van der Waals surface area contributed by atoms with Crippen LogP contribution < -0.4 is 10.3 Å². The van der Waals surface area contributed by atoms with Crippen LogP contribution in [0.4, 0.5) is 0 Å². The molecule has 1 amide bonds. The topological polar surface area (TPSA) is 77.3 Å². The molecule has 0 saturated carbocycles. The van der Waals surface area contributed by atoms with E-state index in [1.165, 1.54) is 11.1 Å². The molecule has 0 N–H and O–H groups in total. The van der Waals surface area contributed by atoms with E-state index in [0.717, 1.165) is 17.7 Å². The summed E-state index contributed by atoms with van der Waals surface area (Å²) < 4.78 is 6.90. The fourth-order valence-electron chi connectivity index (χ4n) is 4.45. The molecule has 0 atom stereocenters. The number of benzene rings is 2. The summed E-state index contributed by atoms with van der Waals surface area (Å²) in [5, 5.41) is 0.471. The lowest BCUT2D eigenvalue weighted by Crippen LogP contribution is -2.36. The van der Waals surface area contributed by atoms with Gasteiger partial charge in [-0.25, -0.2) is 9.97 Å². The molecule has 5 rings (SSSR count). The summed E-state index contributed by atoms with van der Waals surface area (Å²) in [6.07, 6.45) is 3.15. The summed E-state index contributed by atoms with van der Waals surface area (Å²) in [4.78, 5) is 37.2. The van der Waals surface area contributed by atoms with Gasteiger partial charge in [-0.05, 0) is 47.4 Å². The highest BCUT2D eigenvalue weighted by atomic mass is 16.5. The van der Waals surface area contributed by atoms with E-state index in [-0.39, 0.29) is 17.9 Å². The molecule has 0 fully saturated rings. The van der Waals surface area contributed by atoms with E-state index in [1.54, 1.807) is 30.0 Å². The van der Waals surface area contributed by atoms with Gasteiger partial charge in [0.05, 0.1) is 19.0 Å². The van der Waals surface area contributed by atoms with Gasteiger partial charge in [0, 0.05) is 32.1 Å². The number of hydrogen-bond donors (Lipinski definition) is 0. The number of fused-ring (bicyclic) bond motifs is 2. The van der Waals surface area contributed by atoms with Crippen molar-refractivity contribution < 1.29 is 9.53 Å². The van der Waals surface area contributed by atoms with Gasteiger partial charge in [0.15, 0.2) is 5.65 Å². The second-order valence-corrected chi connectivity index (χ2v) is 8.48. The first-order valence-corrected chi connectivity index (χ1v) is 11.4. The summed E-state index contributed by atoms with van der Waals surface area (Å²) in [5.74, 6) is 1.39. The molecule has 7 heteroatoms. The molecular weight excluding hydrogens is 428 g/mol. The average Bonchev–Trinajstić information content (AvgIpc) is 2.89. The summed E-state index contributed by atoms with van der Waals surface area (Å²) in [6.45, 7) is 1.70. The molecule has 0 saturated heterocycles. The predicted molar refractivity (Wildman–Crippen MR) is 130 cm³/mol. The van der Waals surface area contributed by atoms with Crippen LogP contribution >= 0.6 is 0 Å². The van der Waals surface area contributed by atoms with Crippen LogP contribution in [0.25, 0.3) is 11.0 Å². The highest BCUT2D eigenvalue weighted by Crippen LogP contribution is 2.20. The minimum absolute atomic E-state index is 0.0702. The lowest BCUT2D eigenvalue weighted by atomic mass is 9.99. The van der Waals surface area contributed by atoms with E-state index in [2.05, 4.69) is 22.1 Å². The van der Waals surface area contributed by atoms with Crippen LogP contribution in [0.1, 0.15) is 28.9 Å². The lowest BCUT2D eigenvalue weighted by Gasteiger charge is -2.29. The van der Waals surface area contributed by atoms with Crippen LogP contribution in [0, 0.1) is 0 Å². The highest BCUT2D eigenvalue weighted by molar-refractivity contribution is 5.77. The Bertz CT molecular complexity index is 1400. The molecule has 4 aromatic rings. The molecule has 2 aromatic heterocycles. The SMILES string of the molecule is COc1ccc(Cn2c(CCC(=O)N3CCc4ccccc4C3)nc3ncccc3c2=O)cc1. The Morgan fingerprint density at radius 3 is 2.62 bits per heavy atom. The predicted octanol–water partition coefficient (Wildman–Crippen LogP) is 3.37. The lowest BCUT2D eigenvalue weighted by molar-refractivity contribution is -0.132. The molecule has 34 heavy (non-hydrogen) atoms. The fourth-order valence-corrected chi connectivity index (χ4v) is 4.45. The molecule has 0 bridgehead atoms. The zero-order valence-electron chi connectivity index (χ0n) is 19.1. The van der Waals surface area contributed by atoms with E-state index in [4.69, 9.17) is 4.74 Å². The van der Waals surface area contributed by atoms with Crippen LogP contribution in [0.3, 0.4) is 0 Å². The molecule has 3 heterocycles. The number of pyridine rings is 1. The number of amides is 1. The maximum absolute atomic E-state index is 13.3. The summed E-state index contributed by atoms with van der Waals surface area (Å²) in [5.41, 5.74) is 3.72. The van der Waals surface area contributed by atoms with Crippen molar-refractivity contribution in [2.24, 2.45) is 0 Å². The number of nitrogens with zero attached hydrogens (tertiary/aromatic N) is 4. The number of ether oxygens (including phenoxy) is 1. The Kier molecular flexibility index (Phi) is 6.08. The maximum Gasteiger partial charge on any atom is 0.263 e. The number of rotatable bonds is 6. The number of aromatic nitrogens is 3. The highest BCUT2D eigenvalue weighted by Gasteiger charge is 2.21. The molecule has 7 nitrogen and oxygen atoms in total. The molecule has 0 radical (unpaired) electrons. The Hall–Kier alpha value is -4.00. The van der Waals surface area contributed by atoms with Crippen molar-refractivity contribution in [3.8, 4) is 5.75 Å². The normalized spacial score (nSPS) is 13.0. The number of carbonyl (C=O) groups excluding carboxylic acids is 1. The van der Waals surface area contributed by atoms with Crippen molar-refractivity contribution in [1.82, 2.24) is 19.4 Å². The van der Waals surface area contributed by atoms with Crippen molar-refractivity contribution in [3.05, 3.63) is 99.7 Å². The summed E-state index contributed by atoms with van der Waals surface area (Å²) in [6, 6.07) is 19.3. The van der Waals surface area contributed by atoms with Crippen molar-refractivity contribution in [3.63, 3.8) is 0 Å². The third-order valence-electron chi connectivity index (χ3n) is 6.35. The summed E-state index contributed by atoms with van der Waals surface area (Å²) >= 11 is 0. The van der Waals surface area contributed by atoms with Gasteiger partial charge in [0.1, 0.15) is 11.6 Å². The van der Waals surface area contributed by atoms with Gasteiger partial charge in [-0.3, -0.25) is 14.2 Å². The van der Waals surface area contributed by atoms with Gasteiger partial charge in [-0.15, -0.1) is 0 Å². The monoisotopic (exact) mass is 454 g/mol. The van der Waals surface area contributed by atoms with Crippen LogP contribution in [0.15, 0.2) is 71.7 Å². The van der Waals surface area contributed by atoms with E-state index in [0.29, 0.717) is 42.9 Å². The minimum atomic E-state index is -0.150. The first kappa shape index (κ1) is 21.8. The second kappa shape index (κ2) is 9.47. The first-order chi connectivity index (χ1) is 16.6. The zero-order chi connectivity index (χ0) is 23.5. The van der Waals surface area contributed by atoms with Crippen LogP contribution in [-0.2, 0) is 30.7 Å². The minimum Gasteiger partial charge on any atom is -0.497 e. The smallest absolute Gasteiger partial charge is 0.263 e. The van der Waals surface area contributed by atoms with E-state index in [9.17, 15) is 9.59 Å². The largest absolute Gasteiger partial charge is 0.497 e. The van der Waals surface area contributed by atoms with Crippen molar-refractivity contribution in [2.75, 3.05) is 13.7 Å². The van der Waals surface area contributed by atoms with Crippen molar-refractivity contribution in [1.29, 1.82) is 0 Å². The third kappa shape index (κ3) is 4.41. The standard InChI is InChI=1S/C27H26N4O3/c1-34-22-10-8-19(9-11-22)17-31-24(29-26-23(27(31)33)7-4-15-28-26)12-13-25(32)30-16-14-20-5-2-3-6-21(20)18-30/h2-11,15H,12-14,16-18H2,1H3. The van der Waals surface area contributed by atoms with Crippen LogP contribution in [0.5, 0.6) is 5.75 Å². The van der Waals surface area contributed by atoms with Crippen LogP contribution in [-0.4, -0.2) is 39.0 Å². The molecular formula is C27H26N4O3. The van der Waals surface area contributed by atoms with Gasteiger partial charge in [-0.1, -0.05) is 36.4 Å². The number of aryl methyl sites for hydroxylation is 1. The molecule has 1 aliphatic heterocycles. The molecule has 2 aromatic carbocycles. The van der Waals surface area contributed by atoms with Gasteiger partial charge in [0.25, 0.3) is 5.56 Å². The van der Waals surface area contributed by atoms with Crippen molar-refractivity contribution >= 4 is 16.9 Å². The average molecular weight is 455 g/mol. The zero-order valence-corrected chi connectivity index (χ0v) is 19.1. The quantitative estimate of drug-likeness (QED) is 0.447. The Balaban J connectivity index is 1.40. The van der Waals surface area contributed by atoms with Crippen LogP contribution in [0.2, 0.25) is 0 Å². The number of hydrogen-bond acceptors (Lipinski definition) is 5. The van der Waals surface area contributed by atoms with Gasteiger partial charge in [0.2, 0.25) is 5.91 Å². The fraction of sp³-hybridized carbons (Fsp3) is 0.259. The van der Waals surface area contributed by atoms with Gasteiger partial charge in [-0.2, -0.15) is 0 Å². The third-order valence-corrected chi connectivity index (χ3v) is 6.35. The van der Waals surface area contributed by atoms with E-state index >= 15 is 0 Å². The molecule has 172 valence electrons. The summed E-state index contributed by atoms with van der Waals surface area (Å²) in [7, 11) is 1.62. The number of carbonyl (C=O) groups is 1. The van der Waals surface area contributed by atoms with E-state index in [1.807, 2.05) is 41.3 Å².